The van der Waals surface area contributed by atoms with Crippen LogP contribution in [-0.4, -0.2) is 11.0 Å². The van der Waals surface area contributed by atoms with Gasteiger partial charge in [-0.2, -0.15) is 0 Å². The average Bonchev–Trinajstić information content (AvgIpc) is 2.64. The van der Waals surface area contributed by atoms with Crippen molar-refractivity contribution in [3.05, 3.63) is 16.6 Å². The van der Waals surface area contributed by atoms with Crippen molar-refractivity contribution in [2.75, 3.05) is 0 Å². The van der Waals surface area contributed by atoms with Crippen molar-refractivity contribution in [1.29, 1.82) is 0 Å². The number of rotatable bonds is 7. The molecule has 0 aliphatic carbocycles. The summed E-state index contributed by atoms with van der Waals surface area (Å²) >= 11 is 1.73. The molecule has 92 valence electrons. The van der Waals surface area contributed by atoms with Crippen LogP contribution < -0.4 is 5.32 Å². The van der Waals surface area contributed by atoms with E-state index in [9.17, 15) is 0 Å². The minimum atomic E-state index is 0.629. The molecular formula is C13H24N2S. The van der Waals surface area contributed by atoms with Crippen LogP contribution in [0, 0.1) is 11.8 Å². The van der Waals surface area contributed by atoms with E-state index in [-0.39, 0.29) is 0 Å². The molecule has 0 unspecified atom stereocenters. The minimum absolute atomic E-state index is 0.629. The van der Waals surface area contributed by atoms with E-state index in [1.165, 1.54) is 17.8 Å². The number of hydrogen-bond donors (Lipinski definition) is 1. The maximum absolute atomic E-state index is 4.30. The van der Waals surface area contributed by atoms with Crippen LogP contribution in [0.1, 0.15) is 45.5 Å². The molecule has 0 aliphatic heterocycles. The predicted octanol–water partition coefficient (Wildman–Crippen LogP) is 3.69. The lowest BCUT2D eigenvalue weighted by molar-refractivity contribution is 0.358. The summed E-state index contributed by atoms with van der Waals surface area (Å²) < 4.78 is 0. The van der Waals surface area contributed by atoms with E-state index in [2.05, 4.69) is 38.0 Å². The van der Waals surface area contributed by atoms with Gasteiger partial charge in [0.25, 0.3) is 0 Å². The molecule has 0 bridgehead atoms. The number of nitrogens with zero attached hydrogens (tertiary/aromatic N) is 1. The molecule has 1 rings (SSSR count). The zero-order valence-electron chi connectivity index (χ0n) is 10.9. The lowest BCUT2D eigenvalue weighted by Crippen LogP contribution is -2.31. The van der Waals surface area contributed by atoms with Crippen molar-refractivity contribution in [3.8, 4) is 0 Å². The van der Waals surface area contributed by atoms with Crippen LogP contribution in [0.25, 0.3) is 0 Å². The molecule has 3 heteroatoms. The van der Waals surface area contributed by atoms with Crippen LogP contribution in [-0.2, 0) is 6.54 Å². The zero-order valence-corrected chi connectivity index (χ0v) is 11.7. The Kier molecular flexibility index (Phi) is 5.99. The van der Waals surface area contributed by atoms with Crippen LogP contribution in [0.15, 0.2) is 11.6 Å². The third-order valence-electron chi connectivity index (χ3n) is 2.54. The van der Waals surface area contributed by atoms with E-state index in [1.807, 2.05) is 11.6 Å². The van der Waals surface area contributed by atoms with Gasteiger partial charge in [0.05, 0.1) is 0 Å². The number of aromatic nitrogens is 1. The summed E-state index contributed by atoms with van der Waals surface area (Å²) in [6, 6.07) is 0.629. The lowest BCUT2D eigenvalue weighted by Gasteiger charge is -2.22. The van der Waals surface area contributed by atoms with Crippen molar-refractivity contribution >= 4 is 11.3 Å². The number of hydrogen-bond acceptors (Lipinski definition) is 3. The first kappa shape index (κ1) is 13.7. The molecule has 0 radical (unpaired) electrons. The van der Waals surface area contributed by atoms with E-state index >= 15 is 0 Å². The fourth-order valence-corrected chi connectivity index (χ4v) is 2.54. The summed E-state index contributed by atoms with van der Waals surface area (Å²) in [7, 11) is 0. The van der Waals surface area contributed by atoms with Crippen LogP contribution in [0.3, 0.4) is 0 Å². The van der Waals surface area contributed by atoms with Gasteiger partial charge in [-0.25, -0.2) is 4.98 Å². The van der Waals surface area contributed by atoms with Gasteiger partial charge < -0.3 is 5.32 Å². The van der Waals surface area contributed by atoms with Crippen LogP contribution >= 0.6 is 11.3 Å². The van der Waals surface area contributed by atoms with Gasteiger partial charge >= 0.3 is 0 Å². The van der Waals surface area contributed by atoms with Crippen LogP contribution in [0.5, 0.6) is 0 Å². The van der Waals surface area contributed by atoms with Crippen molar-refractivity contribution < 1.29 is 0 Å². The van der Waals surface area contributed by atoms with Gasteiger partial charge in [-0.3, -0.25) is 0 Å². The molecule has 0 aromatic carbocycles. The van der Waals surface area contributed by atoms with Gasteiger partial charge in [-0.15, -0.1) is 11.3 Å². The highest BCUT2D eigenvalue weighted by molar-refractivity contribution is 7.09. The lowest BCUT2D eigenvalue weighted by atomic mass is 9.96. The molecule has 0 atom stereocenters. The quantitative estimate of drug-likeness (QED) is 0.786. The normalized spacial score (nSPS) is 11.9. The maximum Gasteiger partial charge on any atom is 0.106 e. The highest BCUT2D eigenvalue weighted by Gasteiger charge is 2.12. The second kappa shape index (κ2) is 7.02. The summed E-state index contributed by atoms with van der Waals surface area (Å²) in [5.41, 5.74) is 0. The Bertz CT molecular complexity index is 257. The SMILES string of the molecule is CC(C)CC(CC(C)C)NCc1nccs1. The fraction of sp³-hybridized carbons (Fsp3) is 0.769. The fourth-order valence-electron chi connectivity index (χ4n) is 1.97. The van der Waals surface area contributed by atoms with Crippen molar-refractivity contribution in [2.24, 2.45) is 11.8 Å². The molecule has 1 aromatic rings. The minimum Gasteiger partial charge on any atom is -0.308 e. The first-order valence-electron chi connectivity index (χ1n) is 6.19. The Morgan fingerprint density at radius 1 is 1.19 bits per heavy atom. The van der Waals surface area contributed by atoms with E-state index in [0.717, 1.165) is 18.4 Å². The van der Waals surface area contributed by atoms with Gasteiger partial charge in [0.15, 0.2) is 0 Å². The molecule has 0 saturated heterocycles. The van der Waals surface area contributed by atoms with E-state index in [4.69, 9.17) is 0 Å². The first-order valence-corrected chi connectivity index (χ1v) is 7.07. The Morgan fingerprint density at radius 2 is 1.81 bits per heavy atom. The van der Waals surface area contributed by atoms with Gasteiger partial charge in [0.2, 0.25) is 0 Å². The molecule has 16 heavy (non-hydrogen) atoms. The molecule has 2 nitrogen and oxygen atoms in total. The second-order valence-corrected chi connectivity index (χ2v) is 6.24. The van der Waals surface area contributed by atoms with Crippen molar-refractivity contribution in [2.45, 2.75) is 53.1 Å². The smallest absolute Gasteiger partial charge is 0.106 e. The maximum atomic E-state index is 4.30. The van der Waals surface area contributed by atoms with Crippen molar-refractivity contribution in [3.63, 3.8) is 0 Å². The summed E-state index contributed by atoms with van der Waals surface area (Å²) in [6.45, 7) is 10.1. The Balaban J connectivity index is 2.37. The number of nitrogens with one attached hydrogen (secondary N) is 1. The molecule has 1 heterocycles. The van der Waals surface area contributed by atoms with Crippen molar-refractivity contribution in [1.82, 2.24) is 10.3 Å². The summed E-state index contributed by atoms with van der Waals surface area (Å²) in [4.78, 5) is 4.30. The van der Waals surface area contributed by atoms with Gasteiger partial charge in [-0.1, -0.05) is 27.7 Å². The highest BCUT2D eigenvalue weighted by Crippen LogP contribution is 2.14. The Morgan fingerprint density at radius 3 is 2.25 bits per heavy atom. The number of thiazole rings is 1. The summed E-state index contributed by atoms with van der Waals surface area (Å²) in [5.74, 6) is 1.51. The van der Waals surface area contributed by atoms with Gasteiger partial charge in [0, 0.05) is 24.2 Å². The Hall–Kier alpha value is -0.410. The molecule has 1 aromatic heterocycles. The molecule has 0 fully saturated rings. The average molecular weight is 240 g/mol. The van der Waals surface area contributed by atoms with Gasteiger partial charge in [-0.05, 0) is 24.7 Å². The van der Waals surface area contributed by atoms with E-state index in [0.29, 0.717) is 6.04 Å². The largest absolute Gasteiger partial charge is 0.308 e. The topological polar surface area (TPSA) is 24.9 Å². The molecule has 1 N–H and O–H groups in total. The monoisotopic (exact) mass is 240 g/mol. The zero-order chi connectivity index (χ0) is 12.0. The molecule has 0 spiro atoms. The Labute approximate surface area is 103 Å². The highest BCUT2D eigenvalue weighted by atomic mass is 32.1. The van der Waals surface area contributed by atoms with E-state index < -0.39 is 0 Å². The molecular weight excluding hydrogens is 216 g/mol. The predicted molar refractivity (Wildman–Crippen MR) is 71.7 cm³/mol. The first-order chi connectivity index (χ1) is 7.58. The molecule has 0 aliphatic rings. The van der Waals surface area contributed by atoms with Gasteiger partial charge in [0.1, 0.15) is 5.01 Å². The third kappa shape index (κ3) is 5.61. The second-order valence-electron chi connectivity index (χ2n) is 5.26. The third-order valence-corrected chi connectivity index (χ3v) is 3.32. The van der Waals surface area contributed by atoms with Crippen LogP contribution in [0.4, 0.5) is 0 Å². The van der Waals surface area contributed by atoms with Crippen LogP contribution in [0.2, 0.25) is 0 Å². The standard InChI is InChI=1S/C13H24N2S/c1-10(2)7-12(8-11(3)4)15-9-13-14-5-6-16-13/h5-6,10-12,15H,7-9H2,1-4H3. The summed E-state index contributed by atoms with van der Waals surface area (Å²) in [5, 5.41) is 6.86. The summed E-state index contributed by atoms with van der Waals surface area (Å²) in [6.07, 6.45) is 4.38. The molecule has 0 amide bonds. The molecule has 0 saturated carbocycles. The van der Waals surface area contributed by atoms with E-state index in [1.54, 1.807) is 11.3 Å².